The Kier molecular flexibility index (Phi) is 5.18. The number of benzene rings is 1. The smallest absolute Gasteiger partial charge is 0.225 e. The molecule has 3 nitrogen and oxygen atoms in total. The first-order chi connectivity index (χ1) is 9.63. The van der Waals surface area contributed by atoms with Gasteiger partial charge in [-0.25, -0.2) is 0 Å². The highest BCUT2D eigenvalue weighted by Gasteiger charge is 2.30. The minimum absolute atomic E-state index is 0.0283. The number of carbonyl (C=O) groups excluding carboxylic acids is 1. The molecule has 0 heterocycles. The van der Waals surface area contributed by atoms with E-state index in [-0.39, 0.29) is 17.4 Å². The van der Waals surface area contributed by atoms with Crippen LogP contribution in [0.1, 0.15) is 44.6 Å². The molecule has 3 N–H and O–H groups in total. The predicted octanol–water partition coefficient (Wildman–Crippen LogP) is 2.64. The fourth-order valence-electron chi connectivity index (χ4n) is 3.04. The summed E-state index contributed by atoms with van der Waals surface area (Å²) in [6.45, 7) is 2.57. The molecule has 0 aliphatic heterocycles. The highest BCUT2D eigenvalue weighted by Crippen LogP contribution is 2.28. The number of hydrogen-bond acceptors (Lipinski definition) is 2. The van der Waals surface area contributed by atoms with E-state index in [0.717, 1.165) is 19.3 Å². The van der Waals surface area contributed by atoms with Crippen molar-refractivity contribution in [2.45, 2.75) is 51.0 Å². The molecule has 1 aromatic rings. The van der Waals surface area contributed by atoms with Gasteiger partial charge in [-0.3, -0.25) is 4.79 Å². The van der Waals surface area contributed by atoms with Crippen LogP contribution in [0.4, 0.5) is 0 Å². The fourth-order valence-corrected chi connectivity index (χ4v) is 3.04. The molecule has 1 aliphatic carbocycles. The monoisotopic (exact) mass is 274 g/mol. The first kappa shape index (κ1) is 15.0. The third kappa shape index (κ3) is 4.07. The number of nitrogens with one attached hydrogen (secondary N) is 1. The molecule has 1 atom stereocenters. The molecular formula is C17H26N2O. The van der Waals surface area contributed by atoms with Gasteiger partial charge in [0.1, 0.15) is 0 Å². The van der Waals surface area contributed by atoms with Gasteiger partial charge in [-0.2, -0.15) is 0 Å². The van der Waals surface area contributed by atoms with Crippen molar-refractivity contribution in [1.82, 2.24) is 5.32 Å². The Labute approximate surface area is 121 Å². The van der Waals surface area contributed by atoms with Gasteiger partial charge in [0.05, 0.1) is 5.92 Å². The number of hydrogen-bond donors (Lipinski definition) is 2. The highest BCUT2D eigenvalue weighted by molar-refractivity contribution is 5.80. The van der Waals surface area contributed by atoms with Crippen LogP contribution in [-0.2, 0) is 11.2 Å². The van der Waals surface area contributed by atoms with E-state index in [1.165, 1.54) is 24.8 Å². The molecule has 0 saturated heterocycles. The van der Waals surface area contributed by atoms with E-state index < -0.39 is 0 Å². The molecule has 0 aromatic heterocycles. The lowest BCUT2D eigenvalue weighted by molar-refractivity contribution is -0.126. The first-order valence-corrected chi connectivity index (χ1v) is 7.69. The first-order valence-electron chi connectivity index (χ1n) is 7.69. The third-order valence-corrected chi connectivity index (χ3v) is 4.36. The topological polar surface area (TPSA) is 55.1 Å². The van der Waals surface area contributed by atoms with Crippen molar-refractivity contribution in [3.05, 3.63) is 35.9 Å². The molecule has 1 aliphatic rings. The summed E-state index contributed by atoms with van der Waals surface area (Å²) in [5, 5.41) is 3.25. The van der Waals surface area contributed by atoms with Gasteiger partial charge in [0.25, 0.3) is 0 Å². The van der Waals surface area contributed by atoms with E-state index in [0.29, 0.717) is 6.54 Å². The van der Waals surface area contributed by atoms with E-state index in [1.54, 1.807) is 0 Å². The second-order valence-electron chi connectivity index (χ2n) is 6.23. The maximum Gasteiger partial charge on any atom is 0.225 e. The summed E-state index contributed by atoms with van der Waals surface area (Å²) >= 11 is 0. The van der Waals surface area contributed by atoms with E-state index >= 15 is 0 Å². The van der Waals surface area contributed by atoms with Crippen LogP contribution in [0.3, 0.4) is 0 Å². The zero-order valence-electron chi connectivity index (χ0n) is 12.4. The van der Waals surface area contributed by atoms with E-state index in [1.807, 2.05) is 18.2 Å². The SMILES string of the molecule is CC1(NC(=O)C(CN)Cc2ccccc2)CCCCC1. The van der Waals surface area contributed by atoms with Crippen LogP contribution < -0.4 is 11.1 Å². The van der Waals surface area contributed by atoms with Crippen LogP contribution in [0.5, 0.6) is 0 Å². The molecule has 1 saturated carbocycles. The largest absolute Gasteiger partial charge is 0.351 e. The molecule has 110 valence electrons. The van der Waals surface area contributed by atoms with Crippen LogP contribution in [0.15, 0.2) is 30.3 Å². The second kappa shape index (κ2) is 6.89. The maximum atomic E-state index is 12.5. The van der Waals surface area contributed by atoms with Gasteiger partial charge in [0, 0.05) is 12.1 Å². The van der Waals surface area contributed by atoms with Gasteiger partial charge in [-0.05, 0) is 31.7 Å². The maximum absolute atomic E-state index is 12.5. The molecule has 0 spiro atoms. The predicted molar refractivity (Wildman–Crippen MR) is 82.3 cm³/mol. The van der Waals surface area contributed by atoms with E-state index in [2.05, 4.69) is 24.4 Å². The summed E-state index contributed by atoms with van der Waals surface area (Å²) in [5.74, 6) is -0.0168. The lowest BCUT2D eigenvalue weighted by atomic mass is 9.82. The quantitative estimate of drug-likeness (QED) is 0.867. The highest BCUT2D eigenvalue weighted by atomic mass is 16.2. The van der Waals surface area contributed by atoms with Crippen molar-refractivity contribution in [3.63, 3.8) is 0 Å². The molecule has 20 heavy (non-hydrogen) atoms. The Balaban J connectivity index is 1.95. The Morgan fingerprint density at radius 2 is 1.90 bits per heavy atom. The molecule has 1 unspecified atom stereocenters. The van der Waals surface area contributed by atoms with Gasteiger partial charge >= 0.3 is 0 Å². The van der Waals surface area contributed by atoms with Crippen LogP contribution in [-0.4, -0.2) is 18.0 Å². The molecule has 0 bridgehead atoms. The van der Waals surface area contributed by atoms with Gasteiger partial charge < -0.3 is 11.1 Å². The minimum Gasteiger partial charge on any atom is -0.351 e. The molecule has 1 amide bonds. The molecule has 0 radical (unpaired) electrons. The van der Waals surface area contributed by atoms with E-state index in [4.69, 9.17) is 5.73 Å². The lowest BCUT2D eigenvalue weighted by Crippen LogP contribution is -2.50. The van der Waals surface area contributed by atoms with Crippen LogP contribution >= 0.6 is 0 Å². The zero-order valence-corrected chi connectivity index (χ0v) is 12.4. The number of amides is 1. The van der Waals surface area contributed by atoms with Gasteiger partial charge in [0.15, 0.2) is 0 Å². The molecule has 2 rings (SSSR count). The Bertz CT molecular complexity index is 424. The summed E-state index contributed by atoms with van der Waals surface area (Å²) in [6, 6.07) is 10.1. The van der Waals surface area contributed by atoms with Gasteiger partial charge in [0.2, 0.25) is 5.91 Å². The molecular weight excluding hydrogens is 248 g/mol. The second-order valence-corrected chi connectivity index (χ2v) is 6.23. The summed E-state index contributed by atoms with van der Waals surface area (Å²) in [4.78, 5) is 12.5. The van der Waals surface area contributed by atoms with Crippen molar-refractivity contribution in [3.8, 4) is 0 Å². The van der Waals surface area contributed by atoms with Crippen LogP contribution in [0, 0.1) is 5.92 Å². The summed E-state index contributed by atoms with van der Waals surface area (Å²) in [5.41, 5.74) is 6.95. The molecule has 3 heteroatoms. The summed E-state index contributed by atoms with van der Waals surface area (Å²) in [6.07, 6.45) is 6.60. The van der Waals surface area contributed by atoms with Crippen molar-refractivity contribution in [1.29, 1.82) is 0 Å². The number of rotatable bonds is 5. The van der Waals surface area contributed by atoms with Crippen LogP contribution in [0.2, 0.25) is 0 Å². The number of carbonyl (C=O) groups is 1. The average Bonchev–Trinajstić information content (AvgIpc) is 2.46. The van der Waals surface area contributed by atoms with Crippen molar-refractivity contribution in [2.75, 3.05) is 6.54 Å². The Hall–Kier alpha value is -1.35. The van der Waals surface area contributed by atoms with Crippen molar-refractivity contribution < 1.29 is 4.79 Å². The Morgan fingerprint density at radius 3 is 2.50 bits per heavy atom. The summed E-state index contributed by atoms with van der Waals surface area (Å²) < 4.78 is 0. The van der Waals surface area contributed by atoms with Gasteiger partial charge in [-0.15, -0.1) is 0 Å². The average molecular weight is 274 g/mol. The minimum atomic E-state index is -0.129. The van der Waals surface area contributed by atoms with Crippen molar-refractivity contribution in [2.24, 2.45) is 11.7 Å². The van der Waals surface area contributed by atoms with E-state index in [9.17, 15) is 4.79 Å². The Morgan fingerprint density at radius 1 is 1.25 bits per heavy atom. The normalized spacial score (nSPS) is 19.3. The standard InChI is InChI=1S/C17H26N2O/c1-17(10-6-3-7-11-17)19-16(20)15(13-18)12-14-8-4-2-5-9-14/h2,4-5,8-9,15H,3,6-7,10-13,18H2,1H3,(H,19,20). The van der Waals surface area contributed by atoms with Crippen LogP contribution in [0.25, 0.3) is 0 Å². The summed E-state index contributed by atoms with van der Waals surface area (Å²) in [7, 11) is 0. The zero-order chi connectivity index (χ0) is 14.4. The van der Waals surface area contributed by atoms with Crippen molar-refractivity contribution >= 4 is 5.91 Å². The van der Waals surface area contributed by atoms with Gasteiger partial charge in [-0.1, -0.05) is 49.6 Å². The molecule has 1 fully saturated rings. The third-order valence-electron chi connectivity index (χ3n) is 4.36. The molecule has 1 aromatic carbocycles. The fraction of sp³-hybridized carbons (Fsp3) is 0.588. The lowest BCUT2D eigenvalue weighted by Gasteiger charge is -2.35. The number of nitrogens with two attached hydrogens (primary N) is 1.